The van der Waals surface area contributed by atoms with E-state index in [0.717, 1.165) is 18.7 Å². The zero-order chi connectivity index (χ0) is 15.3. The molecule has 6 heteroatoms. The van der Waals surface area contributed by atoms with Gasteiger partial charge in [0.05, 0.1) is 5.69 Å². The average molecular weight is 309 g/mol. The molecule has 0 radical (unpaired) electrons. The van der Waals surface area contributed by atoms with E-state index >= 15 is 0 Å². The number of sulfonamides is 1. The normalized spacial score (nSPS) is 15.6. The lowest BCUT2D eigenvalue weighted by molar-refractivity contribution is 0.588. The first kappa shape index (κ1) is 15.9. The number of nitrogen functional groups attached to an aromatic ring is 1. The Morgan fingerprint density at radius 1 is 1.29 bits per heavy atom. The third-order valence-corrected chi connectivity index (χ3v) is 5.22. The number of hydrogen-bond acceptors (Lipinski definition) is 4. The van der Waals surface area contributed by atoms with Crippen LogP contribution < -0.4 is 15.8 Å². The summed E-state index contributed by atoms with van der Waals surface area (Å²) in [5.41, 5.74) is 8.44. The zero-order valence-electron chi connectivity index (χ0n) is 12.4. The highest BCUT2D eigenvalue weighted by Gasteiger charge is 2.15. The second kappa shape index (κ2) is 6.95. The van der Waals surface area contributed by atoms with E-state index in [-0.39, 0.29) is 10.6 Å². The Balaban J connectivity index is 1.96. The van der Waals surface area contributed by atoms with Crippen LogP contribution in [0.5, 0.6) is 0 Å². The van der Waals surface area contributed by atoms with E-state index in [1.54, 1.807) is 12.1 Å². The molecule has 21 heavy (non-hydrogen) atoms. The molecule has 0 spiro atoms. The largest absolute Gasteiger partial charge is 0.398 e. The number of nitrogens with two attached hydrogens (primary N) is 1. The molecule has 0 bridgehead atoms. The summed E-state index contributed by atoms with van der Waals surface area (Å²) in [5, 5.41) is 3.29. The van der Waals surface area contributed by atoms with E-state index in [9.17, 15) is 8.42 Å². The third-order valence-electron chi connectivity index (χ3n) is 3.73. The Morgan fingerprint density at radius 3 is 2.71 bits per heavy atom. The van der Waals surface area contributed by atoms with E-state index < -0.39 is 10.0 Å². The number of rotatable bonds is 6. The van der Waals surface area contributed by atoms with E-state index in [4.69, 9.17) is 5.73 Å². The van der Waals surface area contributed by atoms with E-state index in [1.165, 1.54) is 44.4 Å². The minimum absolute atomic E-state index is 0.116. The quantitative estimate of drug-likeness (QED) is 0.557. The highest BCUT2D eigenvalue weighted by atomic mass is 32.2. The average Bonchev–Trinajstić information content (AvgIpc) is 2.48. The molecule has 5 nitrogen and oxygen atoms in total. The molecule has 1 aliphatic rings. The second-order valence-corrected chi connectivity index (χ2v) is 7.10. The summed E-state index contributed by atoms with van der Waals surface area (Å²) in [6.07, 6.45) is 8.34. The molecule has 0 saturated carbocycles. The molecule has 4 N–H and O–H groups in total. The van der Waals surface area contributed by atoms with Crippen LogP contribution in [0.1, 0.15) is 32.1 Å². The molecule has 116 valence electrons. The van der Waals surface area contributed by atoms with E-state index in [0.29, 0.717) is 0 Å². The summed E-state index contributed by atoms with van der Waals surface area (Å²) in [6, 6.07) is 4.94. The Kier molecular flexibility index (Phi) is 5.25. The number of hydrogen-bond donors (Lipinski definition) is 3. The summed E-state index contributed by atoms with van der Waals surface area (Å²) in [5.74, 6) is 0. The Labute approximate surface area is 126 Å². The third kappa shape index (κ3) is 4.22. The molecular weight excluding hydrogens is 286 g/mol. The van der Waals surface area contributed by atoms with Gasteiger partial charge in [0.25, 0.3) is 0 Å². The first-order chi connectivity index (χ1) is 10.0. The Hall–Kier alpha value is -1.53. The number of allylic oxidation sites excluding steroid dienone is 1. The van der Waals surface area contributed by atoms with Crippen molar-refractivity contribution in [1.29, 1.82) is 0 Å². The van der Waals surface area contributed by atoms with Gasteiger partial charge in [-0.2, -0.15) is 0 Å². The van der Waals surface area contributed by atoms with E-state index in [2.05, 4.69) is 16.1 Å². The van der Waals surface area contributed by atoms with Crippen LogP contribution in [0.15, 0.2) is 34.7 Å². The summed E-state index contributed by atoms with van der Waals surface area (Å²) >= 11 is 0. The molecule has 1 aliphatic carbocycles. The second-order valence-electron chi connectivity index (χ2n) is 5.25. The molecule has 1 aromatic carbocycles. The summed E-state index contributed by atoms with van der Waals surface area (Å²) < 4.78 is 25.7. The monoisotopic (exact) mass is 309 g/mol. The van der Waals surface area contributed by atoms with Crippen molar-refractivity contribution < 1.29 is 8.42 Å². The summed E-state index contributed by atoms with van der Waals surface area (Å²) in [7, 11) is -2.12. The number of anilines is 2. The van der Waals surface area contributed by atoms with Crippen LogP contribution in [-0.2, 0) is 10.0 Å². The van der Waals surface area contributed by atoms with Crippen molar-refractivity contribution in [2.75, 3.05) is 24.6 Å². The molecule has 1 aromatic rings. The van der Waals surface area contributed by atoms with Crippen molar-refractivity contribution in [2.45, 2.75) is 37.0 Å². The van der Waals surface area contributed by atoms with Crippen LogP contribution in [-0.4, -0.2) is 22.0 Å². The zero-order valence-corrected chi connectivity index (χ0v) is 13.2. The fourth-order valence-corrected chi connectivity index (χ4v) is 3.35. The minimum Gasteiger partial charge on any atom is -0.398 e. The predicted molar refractivity (Wildman–Crippen MR) is 86.8 cm³/mol. The van der Waals surface area contributed by atoms with Crippen molar-refractivity contribution in [3.8, 4) is 0 Å². The maximum Gasteiger partial charge on any atom is 0.242 e. The van der Waals surface area contributed by atoms with Gasteiger partial charge in [-0.15, -0.1) is 0 Å². The predicted octanol–water partition coefficient (Wildman–Crippen LogP) is 2.48. The molecule has 0 fully saturated rings. The summed E-state index contributed by atoms with van der Waals surface area (Å²) in [6.45, 7) is 0.837. The lowest BCUT2D eigenvalue weighted by Crippen LogP contribution is -2.20. The van der Waals surface area contributed by atoms with E-state index in [1.807, 2.05) is 0 Å². The molecule has 0 saturated heterocycles. The summed E-state index contributed by atoms with van der Waals surface area (Å²) in [4.78, 5) is 0.116. The van der Waals surface area contributed by atoms with Gasteiger partial charge in [-0.1, -0.05) is 11.6 Å². The molecule has 0 heterocycles. The standard InChI is InChI=1S/C15H23N3O2S/c1-17-21(19,20)15-8-7-13(11-14(15)16)18-10-9-12-5-3-2-4-6-12/h5,7-8,11,17-18H,2-4,6,9-10,16H2,1H3. The van der Waals surface area contributed by atoms with Gasteiger partial charge >= 0.3 is 0 Å². The highest BCUT2D eigenvalue weighted by molar-refractivity contribution is 7.89. The van der Waals surface area contributed by atoms with Gasteiger partial charge in [-0.25, -0.2) is 13.1 Å². The lowest BCUT2D eigenvalue weighted by Gasteiger charge is -2.14. The van der Waals surface area contributed by atoms with Crippen LogP contribution >= 0.6 is 0 Å². The van der Waals surface area contributed by atoms with Gasteiger partial charge in [-0.3, -0.25) is 0 Å². The van der Waals surface area contributed by atoms with Gasteiger partial charge < -0.3 is 11.1 Å². The molecule has 2 rings (SSSR count). The molecular formula is C15H23N3O2S. The SMILES string of the molecule is CNS(=O)(=O)c1ccc(NCCC2=CCCCC2)cc1N. The maximum absolute atomic E-state index is 11.7. The molecule has 0 atom stereocenters. The van der Waals surface area contributed by atoms with Crippen LogP contribution in [0.4, 0.5) is 11.4 Å². The van der Waals surface area contributed by atoms with Crippen molar-refractivity contribution in [2.24, 2.45) is 0 Å². The number of benzene rings is 1. The molecule has 0 unspecified atom stereocenters. The van der Waals surface area contributed by atoms with Crippen LogP contribution in [0.3, 0.4) is 0 Å². The van der Waals surface area contributed by atoms with Gasteiger partial charge in [0.1, 0.15) is 4.90 Å². The van der Waals surface area contributed by atoms with Crippen molar-refractivity contribution in [1.82, 2.24) is 4.72 Å². The first-order valence-corrected chi connectivity index (χ1v) is 8.76. The van der Waals surface area contributed by atoms with Gasteiger partial charge in [0, 0.05) is 12.2 Å². The molecule has 0 aliphatic heterocycles. The van der Waals surface area contributed by atoms with Gasteiger partial charge in [-0.05, 0) is 57.4 Å². The fourth-order valence-electron chi connectivity index (χ4n) is 2.51. The van der Waals surface area contributed by atoms with Gasteiger partial charge in [0.2, 0.25) is 10.0 Å². The lowest BCUT2D eigenvalue weighted by atomic mass is 9.97. The Bertz CT molecular complexity index is 624. The minimum atomic E-state index is -3.50. The topological polar surface area (TPSA) is 84.2 Å². The van der Waals surface area contributed by atoms with Crippen molar-refractivity contribution in [3.05, 3.63) is 29.8 Å². The molecule has 0 aromatic heterocycles. The number of nitrogens with one attached hydrogen (secondary N) is 2. The van der Waals surface area contributed by atoms with Crippen molar-refractivity contribution >= 4 is 21.4 Å². The highest BCUT2D eigenvalue weighted by Crippen LogP contribution is 2.23. The smallest absolute Gasteiger partial charge is 0.242 e. The van der Waals surface area contributed by atoms with Crippen LogP contribution in [0.25, 0.3) is 0 Å². The van der Waals surface area contributed by atoms with Crippen LogP contribution in [0, 0.1) is 0 Å². The van der Waals surface area contributed by atoms with Crippen LogP contribution in [0.2, 0.25) is 0 Å². The maximum atomic E-state index is 11.7. The molecule has 0 amide bonds. The Morgan fingerprint density at radius 2 is 2.10 bits per heavy atom. The fraction of sp³-hybridized carbons (Fsp3) is 0.467. The van der Waals surface area contributed by atoms with Crippen molar-refractivity contribution in [3.63, 3.8) is 0 Å². The van der Waals surface area contributed by atoms with Gasteiger partial charge in [0.15, 0.2) is 0 Å². The first-order valence-electron chi connectivity index (χ1n) is 7.28.